The van der Waals surface area contributed by atoms with Gasteiger partial charge >= 0.3 is 0 Å². The third-order valence-electron chi connectivity index (χ3n) is 6.59. The van der Waals surface area contributed by atoms with E-state index in [1.165, 1.54) is 0 Å². The maximum absolute atomic E-state index is 8.97. The van der Waals surface area contributed by atoms with Gasteiger partial charge in [0.25, 0.3) is 0 Å². The van der Waals surface area contributed by atoms with E-state index in [0.29, 0.717) is 38.7 Å². The van der Waals surface area contributed by atoms with Gasteiger partial charge < -0.3 is 8.83 Å². The second kappa shape index (κ2) is 6.97. The number of para-hydroxylation sites is 1. The highest BCUT2D eigenvalue weighted by molar-refractivity contribution is 9.10. The van der Waals surface area contributed by atoms with Crippen LogP contribution in [0, 0.1) is 0 Å². The lowest BCUT2D eigenvalue weighted by molar-refractivity contribution is 0.633. The van der Waals surface area contributed by atoms with Crippen molar-refractivity contribution in [2.24, 2.45) is 0 Å². The number of fused-ring (bicyclic) bond motifs is 9. The lowest BCUT2D eigenvalue weighted by atomic mass is 9.90. The maximum Gasteiger partial charge on any atom is 0.178 e. The summed E-state index contributed by atoms with van der Waals surface area (Å²) in [5.41, 5.74) is 3.05. The van der Waals surface area contributed by atoms with Crippen molar-refractivity contribution in [3.05, 3.63) is 107 Å². The van der Waals surface area contributed by atoms with Gasteiger partial charge in [0.1, 0.15) is 11.2 Å². The highest BCUT2D eigenvalue weighted by atomic mass is 79.9. The molecule has 35 heavy (non-hydrogen) atoms. The molecule has 0 aliphatic carbocycles. The van der Waals surface area contributed by atoms with Crippen LogP contribution in [0.1, 0.15) is 11.0 Å². The largest absolute Gasteiger partial charge is 0.452 e. The number of hydrogen-bond acceptors (Lipinski definition) is 2. The van der Waals surface area contributed by atoms with E-state index >= 15 is 0 Å². The first-order chi connectivity index (χ1) is 20.6. The normalized spacial score (nSPS) is 15.3. The quantitative estimate of drug-likeness (QED) is 0.201. The molecular formula is C32H17BrO2. The second-order valence-electron chi connectivity index (χ2n) is 8.39. The fourth-order valence-electron chi connectivity index (χ4n) is 5.12. The molecule has 164 valence electrons. The van der Waals surface area contributed by atoms with Gasteiger partial charge in [-0.15, -0.1) is 0 Å². The van der Waals surface area contributed by atoms with Crippen LogP contribution in [0.25, 0.3) is 76.5 Å². The Hall–Kier alpha value is -4.08. The summed E-state index contributed by atoms with van der Waals surface area (Å²) in [7, 11) is 0. The van der Waals surface area contributed by atoms with Crippen LogP contribution in [-0.4, -0.2) is 0 Å². The second-order valence-corrected chi connectivity index (χ2v) is 9.18. The molecule has 0 aliphatic heterocycles. The number of hydrogen-bond donors (Lipinski definition) is 0. The zero-order chi connectivity index (χ0) is 30.1. The number of rotatable bonds is 1. The minimum absolute atomic E-state index is 0.128. The highest BCUT2D eigenvalue weighted by Crippen LogP contribution is 2.46. The van der Waals surface area contributed by atoms with Crippen molar-refractivity contribution in [1.29, 1.82) is 0 Å². The molecule has 0 saturated carbocycles. The standard InChI is InChI=1S/C32H17BrO2/c33-30-21-11-3-1-9-19(21)28(20-10-2-4-12-22(20)30)24-13-7-15-27-29(24)25-17-16-23-18-8-5-6-14-26(18)34-31(23)32(25)35-27/h1-17H/i1D,2D,3D,4D,9D,10D,11D,12D. The molecule has 0 aliphatic rings. The zero-order valence-corrected chi connectivity index (χ0v) is 19.5. The van der Waals surface area contributed by atoms with Crippen molar-refractivity contribution in [1.82, 2.24) is 0 Å². The van der Waals surface area contributed by atoms with Gasteiger partial charge in [0, 0.05) is 26.0 Å². The van der Waals surface area contributed by atoms with Gasteiger partial charge in [-0.2, -0.15) is 0 Å². The third-order valence-corrected chi connectivity index (χ3v) is 7.39. The van der Waals surface area contributed by atoms with Gasteiger partial charge in [0.15, 0.2) is 11.2 Å². The minimum atomic E-state index is -0.445. The van der Waals surface area contributed by atoms with E-state index in [1.807, 2.05) is 36.4 Å². The van der Waals surface area contributed by atoms with Gasteiger partial charge in [-0.25, -0.2) is 0 Å². The molecule has 2 aromatic heterocycles. The van der Waals surface area contributed by atoms with Crippen LogP contribution in [0.5, 0.6) is 0 Å². The van der Waals surface area contributed by atoms with Gasteiger partial charge in [-0.1, -0.05) is 78.7 Å². The average Bonchev–Trinajstić information content (AvgIpc) is 3.59. The van der Waals surface area contributed by atoms with E-state index in [-0.39, 0.29) is 55.8 Å². The first-order valence-corrected chi connectivity index (χ1v) is 11.8. The van der Waals surface area contributed by atoms with Crippen molar-refractivity contribution in [2.45, 2.75) is 0 Å². The number of halogens is 1. The van der Waals surface area contributed by atoms with Crippen molar-refractivity contribution in [3.63, 3.8) is 0 Å². The predicted molar refractivity (Wildman–Crippen MR) is 149 cm³/mol. The zero-order valence-electron chi connectivity index (χ0n) is 25.9. The molecule has 0 N–H and O–H groups in total. The fraction of sp³-hybridized carbons (Fsp3) is 0. The molecule has 0 bridgehead atoms. The summed E-state index contributed by atoms with van der Waals surface area (Å²) < 4.78 is 82.0. The lowest BCUT2D eigenvalue weighted by Crippen LogP contribution is -1.88. The SMILES string of the molecule is [2H]c1c([2H])c([2H])c2c(-c3cccc4oc5c(ccc6c7ccccc7oc65)c34)c3c([2H])c([2H])c([2H])c([2H])c3c(Br)c2c1[2H]. The molecular weight excluding hydrogens is 496 g/mol. The molecule has 0 atom stereocenters. The predicted octanol–water partition coefficient (Wildman–Crippen LogP) is 10.2. The topological polar surface area (TPSA) is 26.3 Å². The maximum atomic E-state index is 8.97. The molecule has 2 nitrogen and oxygen atoms in total. The van der Waals surface area contributed by atoms with Crippen molar-refractivity contribution < 1.29 is 19.8 Å². The summed E-state index contributed by atoms with van der Waals surface area (Å²) in [6.07, 6.45) is 0. The van der Waals surface area contributed by atoms with Crippen LogP contribution in [0.2, 0.25) is 0 Å². The fourth-order valence-corrected chi connectivity index (χ4v) is 5.72. The Morgan fingerprint density at radius 1 is 0.543 bits per heavy atom. The highest BCUT2D eigenvalue weighted by Gasteiger charge is 2.21. The Balaban J connectivity index is 1.66. The van der Waals surface area contributed by atoms with Crippen molar-refractivity contribution in [2.75, 3.05) is 0 Å². The van der Waals surface area contributed by atoms with Crippen LogP contribution in [0.4, 0.5) is 0 Å². The van der Waals surface area contributed by atoms with Gasteiger partial charge in [-0.05, 0) is 72.9 Å². The van der Waals surface area contributed by atoms with Crippen LogP contribution >= 0.6 is 15.9 Å². The smallest absolute Gasteiger partial charge is 0.178 e. The Bertz CT molecular complexity index is 2490. The third kappa shape index (κ3) is 2.53. The summed E-state index contributed by atoms with van der Waals surface area (Å²) in [5.74, 6) is 0. The first kappa shape index (κ1) is 13.1. The van der Waals surface area contributed by atoms with E-state index in [4.69, 9.17) is 19.8 Å². The van der Waals surface area contributed by atoms with Crippen molar-refractivity contribution >= 4 is 81.4 Å². The summed E-state index contributed by atoms with van der Waals surface area (Å²) in [5, 5.41) is 3.69. The van der Waals surface area contributed by atoms with Crippen LogP contribution < -0.4 is 0 Å². The van der Waals surface area contributed by atoms with E-state index < -0.39 is 24.2 Å². The minimum Gasteiger partial charge on any atom is -0.452 e. The molecule has 0 amide bonds. The summed E-state index contributed by atoms with van der Waals surface area (Å²) in [6.45, 7) is 0. The van der Waals surface area contributed by atoms with E-state index in [9.17, 15) is 0 Å². The Morgan fingerprint density at radius 3 is 1.91 bits per heavy atom. The summed E-state index contributed by atoms with van der Waals surface area (Å²) in [6, 6.07) is 13.9. The molecule has 2 heterocycles. The Labute approximate surface area is 219 Å². The van der Waals surface area contributed by atoms with Crippen LogP contribution in [0.15, 0.2) is 116 Å². The van der Waals surface area contributed by atoms with Gasteiger partial charge in [0.2, 0.25) is 0 Å². The average molecular weight is 521 g/mol. The van der Waals surface area contributed by atoms with E-state index in [2.05, 4.69) is 15.9 Å². The summed E-state index contributed by atoms with van der Waals surface area (Å²) >= 11 is 3.48. The monoisotopic (exact) mass is 520 g/mol. The van der Waals surface area contributed by atoms with Gasteiger partial charge in [0.05, 0.1) is 11.0 Å². The Morgan fingerprint density at radius 2 is 1.14 bits per heavy atom. The van der Waals surface area contributed by atoms with E-state index in [0.717, 1.165) is 10.8 Å². The molecule has 0 radical (unpaired) electrons. The molecule has 3 heteroatoms. The number of benzene rings is 6. The van der Waals surface area contributed by atoms with E-state index in [1.54, 1.807) is 18.2 Å². The molecule has 0 spiro atoms. The first-order valence-electron chi connectivity index (χ1n) is 15.0. The van der Waals surface area contributed by atoms with Crippen LogP contribution in [-0.2, 0) is 0 Å². The number of furan rings is 2. The van der Waals surface area contributed by atoms with Crippen molar-refractivity contribution in [3.8, 4) is 11.1 Å². The molecule has 6 aromatic carbocycles. The molecule has 0 fully saturated rings. The summed E-state index contributed by atoms with van der Waals surface area (Å²) in [4.78, 5) is 0. The van der Waals surface area contributed by atoms with Crippen LogP contribution in [0.3, 0.4) is 0 Å². The molecule has 0 unspecified atom stereocenters. The lowest BCUT2D eigenvalue weighted by Gasteiger charge is -2.15. The molecule has 8 aromatic rings. The molecule has 8 rings (SSSR count). The Kier molecular flexibility index (Phi) is 2.61. The molecule has 0 saturated heterocycles. The van der Waals surface area contributed by atoms with Gasteiger partial charge in [-0.3, -0.25) is 0 Å².